The molecular weight excluding hydrogens is 274 g/mol. The first kappa shape index (κ1) is 15.5. The van der Waals surface area contributed by atoms with E-state index in [1.54, 1.807) is 30.5 Å². The molecule has 116 valence electrons. The van der Waals surface area contributed by atoms with Crippen molar-refractivity contribution in [3.05, 3.63) is 18.5 Å². The number of nitrogens with one attached hydrogen (secondary N) is 1. The van der Waals surface area contributed by atoms with Gasteiger partial charge in [0.1, 0.15) is 6.73 Å². The third-order valence-electron chi connectivity index (χ3n) is 3.16. The number of carbonyl (C=O) groups is 1. The van der Waals surface area contributed by atoms with Crippen LogP contribution in [0.2, 0.25) is 0 Å². The van der Waals surface area contributed by atoms with E-state index in [9.17, 15) is 4.79 Å². The molecule has 8 heteroatoms. The Kier molecular flexibility index (Phi) is 6.17. The molecule has 1 saturated heterocycles. The number of hydrogen-bond donors (Lipinski definition) is 1. The van der Waals surface area contributed by atoms with Crippen LogP contribution in [-0.2, 0) is 9.47 Å². The molecule has 0 aromatic carbocycles. The van der Waals surface area contributed by atoms with Crippen molar-refractivity contribution in [3.8, 4) is 0 Å². The molecule has 2 heterocycles. The normalized spacial score (nSPS) is 15.1. The van der Waals surface area contributed by atoms with Crippen molar-refractivity contribution < 1.29 is 14.3 Å². The van der Waals surface area contributed by atoms with Gasteiger partial charge in [-0.25, -0.2) is 14.8 Å². The van der Waals surface area contributed by atoms with Crippen LogP contribution in [0.1, 0.15) is 0 Å². The number of methoxy groups -OCH3 is 1. The maximum atomic E-state index is 11.9. The Labute approximate surface area is 124 Å². The maximum absolute atomic E-state index is 11.9. The molecular formula is C13H21N5O3. The summed E-state index contributed by atoms with van der Waals surface area (Å²) in [5, 5.41) is 2.73. The lowest BCUT2D eigenvalue weighted by molar-refractivity contribution is 0.0615. The highest BCUT2D eigenvalue weighted by Gasteiger charge is 2.21. The number of amides is 2. The van der Waals surface area contributed by atoms with E-state index >= 15 is 0 Å². The summed E-state index contributed by atoms with van der Waals surface area (Å²) >= 11 is 0. The van der Waals surface area contributed by atoms with Gasteiger partial charge in [-0.05, 0) is 6.07 Å². The van der Waals surface area contributed by atoms with E-state index in [0.717, 1.165) is 13.1 Å². The summed E-state index contributed by atoms with van der Waals surface area (Å²) in [5.41, 5.74) is 0. The van der Waals surface area contributed by atoms with Crippen molar-refractivity contribution in [2.24, 2.45) is 0 Å². The lowest BCUT2D eigenvalue weighted by Crippen LogP contribution is -2.52. The molecule has 1 aromatic rings. The zero-order valence-electron chi connectivity index (χ0n) is 12.2. The topological polar surface area (TPSA) is 79.8 Å². The number of aromatic nitrogens is 2. The second kappa shape index (κ2) is 8.38. The number of rotatable bonds is 6. The Bertz CT molecular complexity index is 423. The number of urea groups is 1. The fourth-order valence-electron chi connectivity index (χ4n) is 2.00. The van der Waals surface area contributed by atoms with Crippen LogP contribution in [0.5, 0.6) is 0 Å². The summed E-state index contributed by atoms with van der Waals surface area (Å²) in [7, 11) is 1.61. The first-order valence-corrected chi connectivity index (χ1v) is 6.92. The van der Waals surface area contributed by atoms with Gasteiger partial charge in [0.05, 0.1) is 13.2 Å². The molecule has 0 atom stereocenters. The summed E-state index contributed by atoms with van der Waals surface area (Å²) in [6.07, 6.45) is 3.44. The summed E-state index contributed by atoms with van der Waals surface area (Å²) in [5.74, 6) is 0.709. The van der Waals surface area contributed by atoms with Crippen molar-refractivity contribution in [2.45, 2.75) is 0 Å². The molecule has 1 aliphatic heterocycles. The summed E-state index contributed by atoms with van der Waals surface area (Å²) in [6.45, 7) is 3.92. The quantitative estimate of drug-likeness (QED) is 0.584. The van der Waals surface area contributed by atoms with E-state index in [1.807, 2.05) is 0 Å². The molecule has 21 heavy (non-hydrogen) atoms. The SMILES string of the molecule is COCCOCNC(=O)N1CCN(c2ncccn2)CC1. The lowest BCUT2D eigenvalue weighted by atomic mass is 10.3. The van der Waals surface area contributed by atoms with Gasteiger partial charge in [0, 0.05) is 45.7 Å². The molecule has 8 nitrogen and oxygen atoms in total. The molecule has 0 radical (unpaired) electrons. The molecule has 0 aliphatic carbocycles. The molecule has 1 aliphatic rings. The van der Waals surface area contributed by atoms with Crippen molar-refractivity contribution in [1.82, 2.24) is 20.2 Å². The van der Waals surface area contributed by atoms with Crippen molar-refractivity contribution in [2.75, 3.05) is 58.1 Å². The molecule has 2 rings (SSSR count). The Morgan fingerprint density at radius 1 is 1.24 bits per heavy atom. The van der Waals surface area contributed by atoms with Gasteiger partial charge < -0.3 is 24.6 Å². The van der Waals surface area contributed by atoms with Crippen LogP contribution in [0.4, 0.5) is 10.7 Å². The van der Waals surface area contributed by atoms with Crippen LogP contribution in [0.3, 0.4) is 0 Å². The highest BCUT2D eigenvalue weighted by molar-refractivity contribution is 5.74. The average molecular weight is 295 g/mol. The molecule has 1 fully saturated rings. The number of piperazine rings is 1. The minimum atomic E-state index is -0.110. The average Bonchev–Trinajstić information content (AvgIpc) is 2.55. The first-order valence-electron chi connectivity index (χ1n) is 6.92. The lowest BCUT2D eigenvalue weighted by Gasteiger charge is -2.34. The van der Waals surface area contributed by atoms with Gasteiger partial charge in [0.2, 0.25) is 5.95 Å². The minimum absolute atomic E-state index is 0.110. The predicted octanol–water partition coefficient (Wildman–Crippen LogP) is -0.0713. The van der Waals surface area contributed by atoms with Crippen molar-refractivity contribution >= 4 is 12.0 Å². The molecule has 0 spiro atoms. The van der Waals surface area contributed by atoms with Crippen LogP contribution in [0, 0.1) is 0 Å². The van der Waals surface area contributed by atoms with Crippen molar-refractivity contribution in [3.63, 3.8) is 0 Å². The van der Waals surface area contributed by atoms with Gasteiger partial charge in [0.15, 0.2) is 0 Å². The van der Waals surface area contributed by atoms with Crippen LogP contribution >= 0.6 is 0 Å². The standard InChI is InChI=1S/C13H21N5O3/c1-20-9-10-21-11-16-13(19)18-7-5-17(6-8-18)12-14-3-2-4-15-12/h2-4H,5-11H2,1H3,(H,16,19). The molecule has 1 N–H and O–H groups in total. The van der Waals surface area contributed by atoms with E-state index < -0.39 is 0 Å². The van der Waals surface area contributed by atoms with Gasteiger partial charge in [-0.1, -0.05) is 0 Å². The Morgan fingerprint density at radius 2 is 1.95 bits per heavy atom. The number of carbonyl (C=O) groups excluding carboxylic acids is 1. The molecule has 0 saturated carbocycles. The van der Waals surface area contributed by atoms with Crippen LogP contribution < -0.4 is 10.2 Å². The van der Waals surface area contributed by atoms with Gasteiger partial charge in [0.25, 0.3) is 0 Å². The Hall–Kier alpha value is -1.93. The number of nitrogens with zero attached hydrogens (tertiary/aromatic N) is 4. The van der Waals surface area contributed by atoms with Crippen LogP contribution in [-0.4, -0.2) is 74.1 Å². The molecule has 1 aromatic heterocycles. The molecule has 0 bridgehead atoms. The fraction of sp³-hybridized carbons (Fsp3) is 0.615. The van der Waals surface area contributed by atoms with Crippen LogP contribution in [0.15, 0.2) is 18.5 Å². The zero-order chi connectivity index (χ0) is 14.9. The van der Waals surface area contributed by atoms with E-state index in [1.165, 1.54) is 0 Å². The summed E-state index contributed by atoms with van der Waals surface area (Å²) in [4.78, 5) is 24.2. The minimum Gasteiger partial charge on any atom is -0.382 e. The summed E-state index contributed by atoms with van der Waals surface area (Å²) < 4.78 is 10.1. The first-order chi connectivity index (χ1) is 10.3. The monoisotopic (exact) mass is 295 g/mol. The van der Waals surface area contributed by atoms with Gasteiger partial charge >= 0.3 is 6.03 Å². The van der Waals surface area contributed by atoms with E-state index in [-0.39, 0.29) is 12.8 Å². The number of anilines is 1. The summed E-state index contributed by atoms with van der Waals surface area (Å²) in [6, 6.07) is 1.68. The predicted molar refractivity (Wildman–Crippen MR) is 77.0 cm³/mol. The third kappa shape index (κ3) is 4.83. The van der Waals surface area contributed by atoms with Gasteiger partial charge in [-0.15, -0.1) is 0 Å². The largest absolute Gasteiger partial charge is 0.382 e. The maximum Gasteiger partial charge on any atom is 0.319 e. The second-order valence-electron chi connectivity index (χ2n) is 4.55. The van der Waals surface area contributed by atoms with Crippen LogP contribution in [0.25, 0.3) is 0 Å². The van der Waals surface area contributed by atoms with Crippen molar-refractivity contribution in [1.29, 1.82) is 0 Å². The number of hydrogen-bond acceptors (Lipinski definition) is 6. The number of ether oxygens (including phenoxy) is 2. The second-order valence-corrected chi connectivity index (χ2v) is 4.55. The fourth-order valence-corrected chi connectivity index (χ4v) is 2.00. The Balaban J connectivity index is 1.67. The zero-order valence-corrected chi connectivity index (χ0v) is 12.2. The smallest absolute Gasteiger partial charge is 0.319 e. The third-order valence-corrected chi connectivity index (χ3v) is 3.16. The Morgan fingerprint density at radius 3 is 2.62 bits per heavy atom. The molecule has 2 amide bonds. The highest BCUT2D eigenvalue weighted by Crippen LogP contribution is 2.09. The van der Waals surface area contributed by atoms with E-state index in [4.69, 9.17) is 9.47 Å². The molecule has 0 unspecified atom stereocenters. The van der Waals surface area contributed by atoms with E-state index in [0.29, 0.717) is 32.3 Å². The highest BCUT2D eigenvalue weighted by atomic mass is 16.5. The van der Waals surface area contributed by atoms with E-state index in [2.05, 4.69) is 20.2 Å². The van der Waals surface area contributed by atoms with Gasteiger partial charge in [-0.2, -0.15) is 0 Å². The van der Waals surface area contributed by atoms with Gasteiger partial charge in [-0.3, -0.25) is 0 Å².